The summed E-state index contributed by atoms with van der Waals surface area (Å²) >= 11 is 8.09. The number of unbranched alkanes of at least 4 members (excludes halogenated alkanes) is 1. The maximum Gasteiger partial charge on any atom is 0.134 e. The quantitative estimate of drug-likeness (QED) is 0.600. The number of ether oxygens (including phenoxy) is 1. The van der Waals surface area contributed by atoms with Crippen molar-refractivity contribution in [2.45, 2.75) is 19.8 Å². The van der Waals surface area contributed by atoms with Gasteiger partial charge in [-0.25, -0.2) is 0 Å². The maximum absolute atomic E-state index is 5.85. The lowest BCUT2D eigenvalue weighted by Gasteiger charge is -2.07. The van der Waals surface area contributed by atoms with Gasteiger partial charge in [0.25, 0.3) is 0 Å². The Kier molecular flexibility index (Phi) is 4.88. The molecule has 0 amide bonds. The van der Waals surface area contributed by atoms with Crippen LogP contribution in [0.4, 0.5) is 0 Å². The molecule has 1 nitrogen and oxygen atoms in total. The zero-order chi connectivity index (χ0) is 9.68. The molecular weight excluding hydrogens is 298 g/mol. The molecule has 0 saturated heterocycles. The van der Waals surface area contributed by atoms with E-state index >= 15 is 0 Å². The third-order valence-electron chi connectivity index (χ3n) is 1.65. The van der Waals surface area contributed by atoms with Gasteiger partial charge in [0.05, 0.1) is 10.2 Å². The van der Waals surface area contributed by atoms with Crippen LogP contribution in [-0.4, -0.2) is 6.61 Å². The van der Waals surface area contributed by atoms with Crippen LogP contribution < -0.4 is 4.74 Å². The first-order chi connectivity index (χ1) is 6.24. The fraction of sp³-hybridized carbons (Fsp3) is 0.400. The molecule has 0 saturated carbocycles. The first-order valence-corrected chi connectivity index (χ1v) is 5.77. The zero-order valence-corrected chi connectivity index (χ0v) is 10.4. The van der Waals surface area contributed by atoms with E-state index in [1.807, 2.05) is 18.2 Å². The van der Waals surface area contributed by atoms with Crippen molar-refractivity contribution in [2.24, 2.45) is 0 Å². The Morgan fingerprint density at radius 3 is 2.92 bits per heavy atom. The minimum absolute atomic E-state index is 0.729. The lowest BCUT2D eigenvalue weighted by Crippen LogP contribution is -1.97. The summed E-state index contributed by atoms with van der Waals surface area (Å²) in [6, 6.07) is 5.69. The van der Waals surface area contributed by atoms with E-state index in [4.69, 9.17) is 16.3 Å². The van der Waals surface area contributed by atoms with Crippen LogP contribution in [-0.2, 0) is 0 Å². The van der Waals surface area contributed by atoms with Gasteiger partial charge in [0, 0.05) is 5.02 Å². The lowest BCUT2D eigenvalue weighted by atomic mass is 10.3. The summed E-state index contributed by atoms with van der Waals surface area (Å²) in [7, 11) is 0. The van der Waals surface area contributed by atoms with Gasteiger partial charge < -0.3 is 4.74 Å². The Morgan fingerprint density at radius 2 is 2.23 bits per heavy atom. The molecule has 0 heterocycles. The van der Waals surface area contributed by atoms with E-state index in [0.717, 1.165) is 33.8 Å². The normalized spacial score (nSPS) is 10.1. The van der Waals surface area contributed by atoms with E-state index in [0.29, 0.717) is 0 Å². The maximum atomic E-state index is 5.85. The molecule has 0 fully saturated rings. The van der Waals surface area contributed by atoms with Crippen LogP contribution in [0.25, 0.3) is 0 Å². The first-order valence-electron chi connectivity index (χ1n) is 4.32. The summed E-state index contributed by atoms with van der Waals surface area (Å²) in [6.07, 6.45) is 2.24. The van der Waals surface area contributed by atoms with Gasteiger partial charge in [-0.2, -0.15) is 0 Å². The van der Waals surface area contributed by atoms with Crippen molar-refractivity contribution in [1.29, 1.82) is 0 Å². The van der Waals surface area contributed by atoms with Crippen LogP contribution in [0.1, 0.15) is 19.8 Å². The van der Waals surface area contributed by atoms with Crippen LogP contribution in [0.5, 0.6) is 5.75 Å². The van der Waals surface area contributed by atoms with E-state index in [9.17, 15) is 0 Å². The molecule has 0 aliphatic rings. The molecule has 1 aromatic carbocycles. The molecule has 1 rings (SSSR count). The smallest absolute Gasteiger partial charge is 0.134 e. The molecule has 0 bridgehead atoms. The predicted molar refractivity (Wildman–Crippen MR) is 64.6 cm³/mol. The molecule has 0 unspecified atom stereocenters. The van der Waals surface area contributed by atoms with Gasteiger partial charge in [-0.05, 0) is 47.2 Å². The Balaban J connectivity index is 2.59. The second kappa shape index (κ2) is 5.70. The highest BCUT2D eigenvalue weighted by Crippen LogP contribution is 2.24. The second-order valence-electron chi connectivity index (χ2n) is 2.78. The summed E-state index contributed by atoms with van der Waals surface area (Å²) < 4.78 is 6.68. The molecule has 13 heavy (non-hydrogen) atoms. The SMILES string of the molecule is CCCCOc1cc(Cl)ccc1I. The fourth-order valence-electron chi connectivity index (χ4n) is 0.914. The van der Waals surface area contributed by atoms with E-state index in [1.54, 1.807) is 0 Å². The van der Waals surface area contributed by atoms with E-state index in [2.05, 4.69) is 29.5 Å². The molecule has 0 atom stereocenters. The van der Waals surface area contributed by atoms with Crippen molar-refractivity contribution in [3.8, 4) is 5.75 Å². The van der Waals surface area contributed by atoms with Crippen molar-refractivity contribution in [1.82, 2.24) is 0 Å². The van der Waals surface area contributed by atoms with Crippen molar-refractivity contribution in [2.75, 3.05) is 6.61 Å². The van der Waals surface area contributed by atoms with Crippen molar-refractivity contribution in [3.63, 3.8) is 0 Å². The highest BCUT2D eigenvalue weighted by atomic mass is 127. The summed E-state index contributed by atoms with van der Waals surface area (Å²) in [5.41, 5.74) is 0. The molecule has 3 heteroatoms. The van der Waals surface area contributed by atoms with Crippen LogP contribution in [0, 0.1) is 3.57 Å². The summed E-state index contributed by atoms with van der Waals surface area (Å²) in [5, 5.41) is 0.729. The first kappa shape index (κ1) is 11.1. The molecule has 0 aromatic heterocycles. The van der Waals surface area contributed by atoms with Gasteiger partial charge in [0.1, 0.15) is 5.75 Å². The molecule has 0 aliphatic heterocycles. The van der Waals surface area contributed by atoms with Gasteiger partial charge in [0.2, 0.25) is 0 Å². The third-order valence-corrected chi connectivity index (χ3v) is 2.77. The Morgan fingerprint density at radius 1 is 1.46 bits per heavy atom. The van der Waals surface area contributed by atoms with Gasteiger partial charge in [0.15, 0.2) is 0 Å². The van der Waals surface area contributed by atoms with Crippen molar-refractivity contribution >= 4 is 34.2 Å². The summed E-state index contributed by atoms with van der Waals surface area (Å²) in [6.45, 7) is 2.92. The predicted octanol–water partition coefficient (Wildman–Crippen LogP) is 4.12. The molecule has 0 radical (unpaired) electrons. The van der Waals surface area contributed by atoms with Gasteiger partial charge >= 0.3 is 0 Å². The monoisotopic (exact) mass is 310 g/mol. The minimum Gasteiger partial charge on any atom is -0.492 e. The standard InChI is InChI=1S/C10H12ClIO/c1-2-3-6-13-10-7-8(11)4-5-9(10)12/h4-5,7H,2-3,6H2,1H3. The zero-order valence-electron chi connectivity index (χ0n) is 7.52. The number of hydrogen-bond acceptors (Lipinski definition) is 1. The average Bonchev–Trinajstić information content (AvgIpc) is 2.11. The highest BCUT2D eigenvalue weighted by molar-refractivity contribution is 14.1. The highest BCUT2D eigenvalue weighted by Gasteiger charge is 2.00. The number of hydrogen-bond donors (Lipinski definition) is 0. The molecular formula is C10H12ClIO. The largest absolute Gasteiger partial charge is 0.492 e. The summed E-state index contributed by atoms with van der Waals surface area (Å²) in [5.74, 6) is 0.890. The molecule has 72 valence electrons. The van der Waals surface area contributed by atoms with Gasteiger partial charge in [-0.3, -0.25) is 0 Å². The Bertz CT molecular complexity index is 276. The Hall–Kier alpha value is 0.0400. The molecule has 0 N–H and O–H groups in total. The van der Waals surface area contributed by atoms with Crippen LogP contribution in [0.2, 0.25) is 5.02 Å². The average molecular weight is 311 g/mol. The van der Waals surface area contributed by atoms with Crippen LogP contribution >= 0.6 is 34.2 Å². The number of rotatable bonds is 4. The van der Waals surface area contributed by atoms with Gasteiger partial charge in [-0.15, -0.1) is 0 Å². The summed E-state index contributed by atoms with van der Waals surface area (Å²) in [4.78, 5) is 0. The van der Waals surface area contributed by atoms with Crippen LogP contribution in [0.15, 0.2) is 18.2 Å². The van der Waals surface area contributed by atoms with E-state index < -0.39 is 0 Å². The molecule has 0 spiro atoms. The molecule has 1 aromatic rings. The van der Waals surface area contributed by atoms with E-state index in [-0.39, 0.29) is 0 Å². The van der Waals surface area contributed by atoms with Crippen molar-refractivity contribution in [3.05, 3.63) is 26.8 Å². The minimum atomic E-state index is 0.729. The molecule has 0 aliphatic carbocycles. The second-order valence-corrected chi connectivity index (χ2v) is 4.38. The third kappa shape index (κ3) is 3.73. The van der Waals surface area contributed by atoms with E-state index in [1.165, 1.54) is 0 Å². The van der Waals surface area contributed by atoms with Crippen molar-refractivity contribution < 1.29 is 4.74 Å². The topological polar surface area (TPSA) is 9.23 Å². The lowest BCUT2D eigenvalue weighted by molar-refractivity contribution is 0.307. The van der Waals surface area contributed by atoms with Gasteiger partial charge in [-0.1, -0.05) is 24.9 Å². The fourth-order valence-corrected chi connectivity index (χ4v) is 1.57. The number of benzene rings is 1. The van der Waals surface area contributed by atoms with Crippen LogP contribution in [0.3, 0.4) is 0 Å². The Labute approximate surface area is 97.6 Å². The number of halogens is 2.